The fourth-order valence-electron chi connectivity index (χ4n) is 0.818. The van der Waals surface area contributed by atoms with Gasteiger partial charge in [0.15, 0.2) is 5.82 Å². The van der Waals surface area contributed by atoms with Crippen LogP contribution in [0.15, 0.2) is 0 Å². The van der Waals surface area contributed by atoms with E-state index in [4.69, 9.17) is 0 Å². The highest BCUT2D eigenvalue weighted by Crippen LogP contribution is 1.93. The molecule has 0 spiro atoms. The van der Waals surface area contributed by atoms with E-state index in [2.05, 4.69) is 15.5 Å². The molecule has 1 heterocycles. The Kier molecular flexibility index (Phi) is 2.30. The van der Waals surface area contributed by atoms with Crippen molar-refractivity contribution >= 4 is 5.78 Å². The van der Waals surface area contributed by atoms with E-state index in [-0.39, 0.29) is 5.78 Å². The summed E-state index contributed by atoms with van der Waals surface area (Å²) in [5.41, 5.74) is 0. The van der Waals surface area contributed by atoms with Gasteiger partial charge in [0.25, 0.3) is 0 Å². The van der Waals surface area contributed by atoms with Crippen molar-refractivity contribution in [2.24, 2.45) is 0 Å². The SMILES string of the molecule is CCn1nnnc1CC(C)=O. The van der Waals surface area contributed by atoms with Crippen LogP contribution in [0, 0.1) is 0 Å². The maximum atomic E-state index is 10.7. The molecule has 0 N–H and O–H groups in total. The lowest BCUT2D eigenvalue weighted by Crippen LogP contribution is -2.07. The second-order valence-electron chi connectivity index (χ2n) is 2.29. The zero-order chi connectivity index (χ0) is 8.27. The number of tetrazole rings is 1. The number of aromatic nitrogens is 4. The van der Waals surface area contributed by atoms with Crippen molar-refractivity contribution < 1.29 is 4.79 Å². The summed E-state index contributed by atoms with van der Waals surface area (Å²) in [6.07, 6.45) is 0.320. The molecule has 1 aromatic heterocycles. The number of carbonyl (C=O) groups is 1. The quantitative estimate of drug-likeness (QED) is 0.606. The van der Waals surface area contributed by atoms with E-state index in [9.17, 15) is 4.79 Å². The maximum Gasteiger partial charge on any atom is 0.158 e. The molecular weight excluding hydrogens is 144 g/mol. The summed E-state index contributed by atoms with van der Waals surface area (Å²) in [4.78, 5) is 10.7. The molecule has 0 unspecified atom stereocenters. The Morgan fingerprint density at radius 2 is 2.36 bits per heavy atom. The summed E-state index contributed by atoms with van der Waals surface area (Å²) in [5.74, 6) is 0.717. The normalized spacial score (nSPS) is 10.0. The van der Waals surface area contributed by atoms with Gasteiger partial charge < -0.3 is 0 Å². The fraction of sp³-hybridized carbons (Fsp3) is 0.667. The third kappa shape index (κ3) is 1.83. The summed E-state index contributed by atoms with van der Waals surface area (Å²) in [7, 11) is 0. The zero-order valence-electron chi connectivity index (χ0n) is 6.61. The Balaban J connectivity index is 2.76. The summed E-state index contributed by atoms with van der Waals surface area (Å²) in [5, 5.41) is 10.9. The molecule has 5 heteroatoms. The van der Waals surface area contributed by atoms with Crippen LogP contribution in [0.4, 0.5) is 0 Å². The molecule has 0 aromatic carbocycles. The Hall–Kier alpha value is -1.26. The number of aryl methyl sites for hydroxylation is 1. The summed E-state index contributed by atoms with van der Waals surface area (Å²) < 4.78 is 1.61. The van der Waals surface area contributed by atoms with Crippen molar-refractivity contribution in [2.75, 3.05) is 0 Å². The van der Waals surface area contributed by atoms with Crippen molar-refractivity contribution in [2.45, 2.75) is 26.8 Å². The van der Waals surface area contributed by atoms with Gasteiger partial charge in [0, 0.05) is 6.54 Å². The van der Waals surface area contributed by atoms with Crippen LogP contribution in [0.5, 0.6) is 0 Å². The van der Waals surface area contributed by atoms with Crippen LogP contribution in [-0.2, 0) is 17.8 Å². The Morgan fingerprint density at radius 1 is 1.64 bits per heavy atom. The van der Waals surface area contributed by atoms with E-state index < -0.39 is 0 Å². The predicted molar refractivity (Wildman–Crippen MR) is 37.9 cm³/mol. The lowest BCUT2D eigenvalue weighted by atomic mass is 10.3. The highest BCUT2D eigenvalue weighted by molar-refractivity contribution is 5.77. The summed E-state index contributed by atoms with van der Waals surface area (Å²) in [6, 6.07) is 0. The monoisotopic (exact) mass is 154 g/mol. The first kappa shape index (κ1) is 7.84. The summed E-state index contributed by atoms with van der Waals surface area (Å²) in [6.45, 7) is 4.16. The largest absolute Gasteiger partial charge is 0.300 e. The molecule has 0 aliphatic rings. The van der Waals surface area contributed by atoms with Gasteiger partial charge >= 0.3 is 0 Å². The van der Waals surface area contributed by atoms with Gasteiger partial charge in [-0.1, -0.05) is 0 Å². The van der Waals surface area contributed by atoms with Crippen LogP contribution in [-0.4, -0.2) is 26.0 Å². The van der Waals surface area contributed by atoms with E-state index >= 15 is 0 Å². The van der Waals surface area contributed by atoms with Crippen molar-refractivity contribution in [1.29, 1.82) is 0 Å². The van der Waals surface area contributed by atoms with E-state index in [0.717, 1.165) is 0 Å². The van der Waals surface area contributed by atoms with Crippen LogP contribution in [0.2, 0.25) is 0 Å². The van der Waals surface area contributed by atoms with Gasteiger partial charge in [0.05, 0.1) is 6.42 Å². The molecule has 0 saturated heterocycles. The van der Waals surface area contributed by atoms with Gasteiger partial charge in [-0.25, -0.2) is 4.68 Å². The first-order chi connectivity index (χ1) is 5.24. The smallest absolute Gasteiger partial charge is 0.158 e. The minimum Gasteiger partial charge on any atom is -0.300 e. The van der Waals surface area contributed by atoms with Gasteiger partial charge in [0.2, 0.25) is 0 Å². The number of Topliss-reactive ketones (excluding diaryl/α,β-unsaturated/α-hetero) is 1. The van der Waals surface area contributed by atoms with Crippen molar-refractivity contribution in [3.8, 4) is 0 Å². The zero-order valence-corrected chi connectivity index (χ0v) is 6.61. The molecule has 0 bridgehead atoms. The molecule has 1 aromatic rings. The Bertz CT molecular complexity index is 255. The molecule has 0 amide bonds. The summed E-state index contributed by atoms with van der Waals surface area (Å²) >= 11 is 0. The molecule has 0 atom stereocenters. The second-order valence-corrected chi connectivity index (χ2v) is 2.29. The minimum absolute atomic E-state index is 0.0782. The Morgan fingerprint density at radius 3 is 2.91 bits per heavy atom. The molecule has 0 saturated carbocycles. The molecule has 60 valence electrons. The standard InChI is InChI=1S/C6H10N4O/c1-3-10-6(4-5(2)11)7-8-9-10/h3-4H2,1-2H3. The fourth-order valence-corrected chi connectivity index (χ4v) is 0.818. The van der Waals surface area contributed by atoms with Crippen LogP contribution in [0.3, 0.4) is 0 Å². The van der Waals surface area contributed by atoms with E-state index in [1.807, 2.05) is 6.92 Å². The molecule has 11 heavy (non-hydrogen) atoms. The third-order valence-corrected chi connectivity index (χ3v) is 1.31. The number of rotatable bonds is 3. The molecule has 0 radical (unpaired) electrons. The van der Waals surface area contributed by atoms with Gasteiger partial charge in [-0.05, 0) is 24.3 Å². The first-order valence-electron chi connectivity index (χ1n) is 3.48. The number of carbonyl (C=O) groups excluding carboxylic acids is 1. The van der Waals surface area contributed by atoms with E-state index in [1.54, 1.807) is 4.68 Å². The number of ketones is 1. The van der Waals surface area contributed by atoms with Gasteiger partial charge in [-0.15, -0.1) is 5.10 Å². The van der Waals surface area contributed by atoms with E-state index in [0.29, 0.717) is 18.8 Å². The number of hydrogen-bond acceptors (Lipinski definition) is 4. The molecule has 1 rings (SSSR count). The van der Waals surface area contributed by atoms with Crippen LogP contribution < -0.4 is 0 Å². The van der Waals surface area contributed by atoms with Gasteiger partial charge in [-0.2, -0.15) is 0 Å². The maximum absolute atomic E-state index is 10.7. The van der Waals surface area contributed by atoms with Gasteiger partial charge in [-0.3, -0.25) is 4.79 Å². The van der Waals surface area contributed by atoms with Gasteiger partial charge in [0.1, 0.15) is 5.78 Å². The third-order valence-electron chi connectivity index (χ3n) is 1.31. The van der Waals surface area contributed by atoms with Crippen molar-refractivity contribution in [3.05, 3.63) is 5.82 Å². The van der Waals surface area contributed by atoms with Crippen LogP contribution in [0.1, 0.15) is 19.7 Å². The molecule has 0 aliphatic heterocycles. The predicted octanol–water partition coefficient (Wildman–Crippen LogP) is -0.175. The minimum atomic E-state index is 0.0782. The van der Waals surface area contributed by atoms with Crippen molar-refractivity contribution in [3.63, 3.8) is 0 Å². The topological polar surface area (TPSA) is 60.7 Å². The lowest BCUT2D eigenvalue weighted by Gasteiger charge is -1.96. The average Bonchev–Trinajstić information content (AvgIpc) is 2.34. The van der Waals surface area contributed by atoms with E-state index in [1.165, 1.54) is 6.92 Å². The second kappa shape index (κ2) is 3.23. The highest BCUT2D eigenvalue weighted by atomic mass is 16.1. The molecule has 5 nitrogen and oxygen atoms in total. The highest BCUT2D eigenvalue weighted by Gasteiger charge is 2.05. The number of nitrogens with zero attached hydrogens (tertiary/aromatic N) is 4. The van der Waals surface area contributed by atoms with Crippen LogP contribution in [0.25, 0.3) is 0 Å². The lowest BCUT2D eigenvalue weighted by molar-refractivity contribution is -0.116. The number of hydrogen-bond donors (Lipinski definition) is 0. The average molecular weight is 154 g/mol. The molecular formula is C6H10N4O. The molecule has 0 fully saturated rings. The Labute approximate surface area is 64.4 Å². The van der Waals surface area contributed by atoms with Crippen LogP contribution >= 0.6 is 0 Å². The first-order valence-corrected chi connectivity index (χ1v) is 3.48. The van der Waals surface area contributed by atoms with Crippen molar-refractivity contribution in [1.82, 2.24) is 20.2 Å². The molecule has 0 aliphatic carbocycles.